The van der Waals surface area contributed by atoms with Gasteiger partial charge in [0.05, 0.1) is 19.4 Å². The van der Waals surface area contributed by atoms with Gasteiger partial charge in [-0.2, -0.15) is 4.98 Å². The third kappa shape index (κ3) is 2.95. The molecular weight excluding hydrogens is 390 g/mol. The maximum atomic E-state index is 13.1. The molecule has 0 saturated carbocycles. The smallest absolute Gasteiger partial charge is 0.333 e. The van der Waals surface area contributed by atoms with Gasteiger partial charge in [-0.15, -0.1) is 0 Å². The summed E-state index contributed by atoms with van der Waals surface area (Å²) in [5.74, 6) is 0.605. The lowest BCUT2D eigenvalue weighted by atomic mass is 10.2. The fraction of sp³-hybridized carbons (Fsp3) is 0.400. The molecule has 1 aromatic carbocycles. The van der Waals surface area contributed by atoms with Crippen LogP contribution < -0.4 is 20.9 Å². The minimum atomic E-state index is -0.636. The average molecular weight is 413 g/mol. The molecule has 0 spiro atoms. The van der Waals surface area contributed by atoms with E-state index in [1.165, 1.54) is 11.6 Å². The number of hydrogen-bond donors (Lipinski definition) is 0. The first-order chi connectivity index (χ1) is 14.4. The summed E-state index contributed by atoms with van der Waals surface area (Å²) in [6.07, 6.45) is 0. The molecule has 10 heteroatoms. The highest BCUT2D eigenvalue weighted by Crippen LogP contribution is 2.37. The number of benzene rings is 1. The molecule has 2 aromatic heterocycles. The Balaban J connectivity index is 1.90. The zero-order valence-corrected chi connectivity index (χ0v) is 17.3. The van der Waals surface area contributed by atoms with Crippen molar-refractivity contribution in [1.29, 1.82) is 0 Å². The fourth-order valence-electron chi connectivity index (χ4n) is 3.79. The number of carbonyl (C=O) groups is 1. The molecule has 3 aromatic rings. The number of fused-ring (bicyclic) bond motifs is 3. The van der Waals surface area contributed by atoms with E-state index >= 15 is 0 Å². The van der Waals surface area contributed by atoms with Gasteiger partial charge in [-0.1, -0.05) is 6.07 Å². The highest BCUT2D eigenvalue weighted by atomic mass is 16.5. The van der Waals surface area contributed by atoms with E-state index in [-0.39, 0.29) is 17.8 Å². The molecule has 0 saturated heterocycles. The summed E-state index contributed by atoms with van der Waals surface area (Å²) in [6.45, 7) is 4.49. The predicted octanol–water partition coefficient (Wildman–Crippen LogP) is 0.929. The van der Waals surface area contributed by atoms with Crippen LogP contribution in [0.1, 0.15) is 12.5 Å². The Hall–Kier alpha value is -3.56. The van der Waals surface area contributed by atoms with E-state index in [1.54, 1.807) is 18.6 Å². The molecule has 1 aliphatic heterocycles. The molecule has 0 fully saturated rings. The Morgan fingerprint density at radius 1 is 1.23 bits per heavy atom. The molecule has 0 radical (unpaired) electrons. The number of imidazole rings is 1. The molecule has 30 heavy (non-hydrogen) atoms. The summed E-state index contributed by atoms with van der Waals surface area (Å²) in [5, 5.41) is 0. The van der Waals surface area contributed by atoms with Crippen LogP contribution in [0.15, 0.2) is 27.8 Å². The first kappa shape index (κ1) is 19.7. The van der Waals surface area contributed by atoms with Gasteiger partial charge >= 0.3 is 11.7 Å². The van der Waals surface area contributed by atoms with E-state index in [9.17, 15) is 14.4 Å². The lowest BCUT2D eigenvalue weighted by Crippen LogP contribution is -2.41. The van der Waals surface area contributed by atoms with E-state index in [4.69, 9.17) is 9.47 Å². The van der Waals surface area contributed by atoms with Gasteiger partial charge < -0.3 is 18.9 Å². The van der Waals surface area contributed by atoms with Gasteiger partial charge in [0.1, 0.15) is 12.3 Å². The third-order valence-corrected chi connectivity index (χ3v) is 5.22. The van der Waals surface area contributed by atoms with E-state index < -0.39 is 23.8 Å². The van der Waals surface area contributed by atoms with Gasteiger partial charge in [0.2, 0.25) is 5.95 Å². The van der Waals surface area contributed by atoms with E-state index in [1.807, 2.05) is 30.0 Å². The van der Waals surface area contributed by atoms with Gasteiger partial charge in [0.15, 0.2) is 11.2 Å². The molecule has 158 valence electrons. The topological polar surface area (TPSA) is 101 Å². The van der Waals surface area contributed by atoms with Crippen LogP contribution >= 0.6 is 0 Å². The molecule has 0 bridgehead atoms. The third-order valence-electron chi connectivity index (χ3n) is 5.22. The molecule has 0 atom stereocenters. The standard InChI is InChI=1S/C20H23N5O5/c1-5-30-15(26)11-25-18(27)16-17(22(3)20(25)28)21-19-23(8-9-24(16)19)13-10-12(2)6-7-14(13)29-4/h6-7,10H,5,8-9,11H2,1-4H3. The van der Waals surface area contributed by atoms with Crippen molar-refractivity contribution in [2.75, 3.05) is 25.2 Å². The molecule has 0 aliphatic carbocycles. The molecule has 1 aliphatic rings. The normalized spacial score (nSPS) is 13.0. The second kappa shape index (κ2) is 7.36. The number of esters is 1. The van der Waals surface area contributed by atoms with Crippen LogP contribution in [0.5, 0.6) is 5.75 Å². The maximum Gasteiger partial charge on any atom is 0.333 e. The zero-order chi connectivity index (χ0) is 21.6. The number of rotatable bonds is 5. The highest BCUT2D eigenvalue weighted by Gasteiger charge is 2.30. The Morgan fingerprint density at radius 3 is 2.70 bits per heavy atom. The number of ether oxygens (including phenoxy) is 2. The molecule has 3 heterocycles. The van der Waals surface area contributed by atoms with Crippen LogP contribution in [-0.4, -0.2) is 44.9 Å². The van der Waals surface area contributed by atoms with E-state index in [2.05, 4.69) is 4.98 Å². The van der Waals surface area contributed by atoms with Crippen molar-refractivity contribution in [3.8, 4) is 5.75 Å². The fourth-order valence-corrected chi connectivity index (χ4v) is 3.79. The van der Waals surface area contributed by atoms with Crippen LogP contribution in [0.2, 0.25) is 0 Å². The summed E-state index contributed by atoms with van der Waals surface area (Å²) >= 11 is 0. The van der Waals surface area contributed by atoms with Crippen molar-refractivity contribution >= 4 is 28.8 Å². The van der Waals surface area contributed by atoms with Crippen LogP contribution in [0.3, 0.4) is 0 Å². The van der Waals surface area contributed by atoms with Crippen molar-refractivity contribution < 1.29 is 14.3 Å². The minimum absolute atomic E-state index is 0.172. The summed E-state index contributed by atoms with van der Waals surface area (Å²) in [6, 6.07) is 5.84. The number of anilines is 2. The highest BCUT2D eigenvalue weighted by molar-refractivity contribution is 5.79. The molecule has 4 rings (SSSR count). The molecule has 0 amide bonds. The molecular formula is C20H23N5O5. The Kier molecular flexibility index (Phi) is 4.84. The second-order valence-corrected chi connectivity index (χ2v) is 7.10. The second-order valence-electron chi connectivity index (χ2n) is 7.10. The number of aryl methyl sites for hydroxylation is 2. The largest absolute Gasteiger partial charge is 0.495 e. The zero-order valence-electron chi connectivity index (χ0n) is 17.3. The lowest BCUT2D eigenvalue weighted by Gasteiger charge is -2.19. The predicted molar refractivity (Wildman–Crippen MR) is 111 cm³/mol. The summed E-state index contributed by atoms with van der Waals surface area (Å²) in [4.78, 5) is 44.3. The van der Waals surface area contributed by atoms with Crippen LogP contribution in [0.25, 0.3) is 11.2 Å². The minimum Gasteiger partial charge on any atom is -0.495 e. The first-order valence-corrected chi connectivity index (χ1v) is 9.65. The van der Waals surface area contributed by atoms with E-state index in [0.717, 1.165) is 15.8 Å². The SMILES string of the molecule is CCOC(=O)Cn1c(=O)c2c(nc3n2CCN3c2cc(C)ccc2OC)n(C)c1=O. The van der Waals surface area contributed by atoms with Crippen molar-refractivity contribution in [2.45, 2.75) is 26.9 Å². The van der Waals surface area contributed by atoms with Crippen molar-refractivity contribution in [3.63, 3.8) is 0 Å². The van der Waals surface area contributed by atoms with Gasteiger partial charge in [-0.05, 0) is 31.5 Å². The Labute approximate surface area is 171 Å². The summed E-state index contributed by atoms with van der Waals surface area (Å²) in [5.41, 5.74) is 1.28. The van der Waals surface area contributed by atoms with Crippen LogP contribution in [-0.2, 0) is 29.7 Å². The number of hydrogen-bond acceptors (Lipinski definition) is 7. The van der Waals surface area contributed by atoms with Gasteiger partial charge in [0.25, 0.3) is 5.56 Å². The average Bonchev–Trinajstić information content (AvgIpc) is 3.29. The first-order valence-electron chi connectivity index (χ1n) is 9.65. The summed E-state index contributed by atoms with van der Waals surface area (Å²) < 4.78 is 14.4. The Bertz CT molecular complexity index is 1270. The molecule has 0 unspecified atom stereocenters. The van der Waals surface area contributed by atoms with Gasteiger partial charge in [0, 0.05) is 20.1 Å². The van der Waals surface area contributed by atoms with Crippen molar-refractivity contribution in [3.05, 3.63) is 44.6 Å². The lowest BCUT2D eigenvalue weighted by molar-refractivity contribution is -0.143. The monoisotopic (exact) mass is 413 g/mol. The Morgan fingerprint density at radius 2 is 2.00 bits per heavy atom. The number of aromatic nitrogens is 4. The van der Waals surface area contributed by atoms with Crippen molar-refractivity contribution in [1.82, 2.24) is 18.7 Å². The van der Waals surface area contributed by atoms with Crippen molar-refractivity contribution in [2.24, 2.45) is 7.05 Å². The van der Waals surface area contributed by atoms with Gasteiger partial charge in [-0.25, -0.2) is 9.36 Å². The molecule has 0 N–H and O–H groups in total. The van der Waals surface area contributed by atoms with Crippen LogP contribution in [0, 0.1) is 6.92 Å². The van der Waals surface area contributed by atoms with E-state index in [0.29, 0.717) is 24.8 Å². The number of carbonyl (C=O) groups excluding carboxylic acids is 1. The number of methoxy groups -OCH3 is 1. The number of nitrogens with zero attached hydrogens (tertiary/aromatic N) is 5. The quantitative estimate of drug-likeness (QED) is 0.574. The van der Waals surface area contributed by atoms with Gasteiger partial charge in [-0.3, -0.25) is 14.2 Å². The molecule has 10 nitrogen and oxygen atoms in total. The summed E-state index contributed by atoms with van der Waals surface area (Å²) in [7, 11) is 3.14. The maximum absolute atomic E-state index is 13.1. The van der Waals surface area contributed by atoms with Crippen LogP contribution in [0.4, 0.5) is 11.6 Å².